The van der Waals surface area contributed by atoms with Gasteiger partial charge in [-0.3, -0.25) is 0 Å². The van der Waals surface area contributed by atoms with Gasteiger partial charge in [0.15, 0.2) is 0 Å². The first-order valence-corrected chi connectivity index (χ1v) is 5.26. The first-order valence-electron chi connectivity index (χ1n) is 5.26. The predicted octanol–water partition coefficient (Wildman–Crippen LogP) is 2.11. The topological polar surface area (TPSA) is 15.3 Å². The number of fused-ring (bicyclic) bond motifs is 1. The molecule has 0 fully saturated rings. The van der Waals surface area contributed by atoms with Crippen LogP contribution in [0.3, 0.4) is 0 Å². The summed E-state index contributed by atoms with van der Waals surface area (Å²) >= 11 is 0. The molecule has 1 N–H and O–H groups in total. The van der Waals surface area contributed by atoms with Crippen molar-refractivity contribution in [2.75, 3.05) is 26.0 Å². The van der Waals surface area contributed by atoms with Crippen molar-refractivity contribution < 1.29 is 0 Å². The van der Waals surface area contributed by atoms with Gasteiger partial charge in [0.05, 0.1) is 0 Å². The number of aryl methyl sites for hydroxylation is 1. The molecule has 0 saturated carbocycles. The van der Waals surface area contributed by atoms with Crippen molar-refractivity contribution in [2.45, 2.75) is 19.4 Å². The van der Waals surface area contributed by atoms with Crippen LogP contribution in [0.15, 0.2) is 18.2 Å². The highest BCUT2D eigenvalue weighted by Gasteiger charge is 2.08. The van der Waals surface area contributed by atoms with Gasteiger partial charge in [0.1, 0.15) is 0 Å². The van der Waals surface area contributed by atoms with Gasteiger partial charge in [0.25, 0.3) is 0 Å². The van der Waals surface area contributed by atoms with Crippen molar-refractivity contribution in [3.05, 3.63) is 29.3 Å². The molecule has 2 rings (SSSR count). The number of benzene rings is 1. The highest BCUT2D eigenvalue weighted by molar-refractivity contribution is 5.54. The summed E-state index contributed by atoms with van der Waals surface area (Å²) in [5.41, 5.74) is 4.23. The Kier molecular flexibility index (Phi) is 2.73. The Balaban J connectivity index is 2.20. The van der Waals surface area contributed by atoms with E-state index < -0.39 is 0 Å². The van der Waals surface area contributed by atoms with E-state index in [4.69, 9.17) is 0 Å². The average molecular weight is 190 g/mol. The SMILES string of the molecule is CN(C)Cc1ccc2c(c1)CCCN2. The molecule has 76 valence electrons. The van der Waals surface area contributed by atoms with Crippen molar-refractivity contribution in [3.63, 3.8) is 0 Å². The molecule has 0 bridgehead atoms. The van der Waals surface area contributed by atoms with E-state index in [0.717, 1.165) is 13.1 Å². The second kappa shape index (κ2) is 4.01. The van der Waals surface area contributed by atoms with Crippen molar-refractivity contribution in [2.24, 2.45) is 0 Å². The summed E-state index contributed by atoms with van der Waals surface area (Å²) in [7, 11) is 4.22. The summed E-state index contributed by atoms with van der Waals surface area (Å²) in [6, 6.07) is 6.77. The van der Waals surface area contributed by atoms with Crippen LogP contribution in [0.5, 0.6) is 0 Å². The lowest BCUT2D eigenvalue weighted by Crippen LogP contribution is -2.14. The molecule has 0 aromatic heterocycles. The maximum Gasteiger partial charge on any atom is 0.0372 e. The predicted molar refractivity (Wildman–Crippen MR) is 60.6 cm³/mol. The molecule has 0 atom stereocenters. The molecule has 0 saturated heterocycles. The first kappa shape index (κ1) is 9.53. The van der Waals surface area contributed by atoms with E-state index in [1.807, 2.05) is 0 Å². The second-order valence-corrected chi connectivity index (χ2v) is 4.26. The Labute approximate surface area is 85.9 Å². The van der Waals surface area contributed by atoms with Gasteiger partial charge in [0, 0.05) is 18.8 Å². The fraction of sp³-hybridized carbons (Fsp3) is 0.500. The van der Waals surface area contributed by atoms with Gasteiger partial charge in [-0.15, -0.1) is 0 Å². The quantitative estimate of drug-likeness (QED) is 0.768. The third-order valence-corrected chi connectivity index (χ3v) is 2.61. The van der Waals surface area contributed by atoms with Crippen LogP contribution in [-0.2, 0) is 13.0 Å². The van der Waals surface area contributed by atoms with Crippen LogP contribution in [0.2, 0.25) is 0 Å². The fourth-order valence-corrected chi connectivity index (χ4v) is 1.99. The van der Waals surface area contributed by atoms with E-state index in [-0.39, 0.29) is 0 Å². The van der Waals surface area contributed by atoms with Crippen LogP contribution in [0, 0.1) is 0 Å². The molecule has 0 aliphatic carbocycles. The zero-order chi connectivity index (χ0) is 9.97. The Hall–Kier alpha value is -1.02. The van der Waals surface area contributed by atoms with E-state index in [1.54, 1.807) is 0 Å². The summed E-state index contributed by atoms with van der Waals surface area (Å²) < 4.78 is 0. The lowest BCUT2D eigenvalue weighted by Gasteiger charge is -2.19. The molecule has 2 nitrogen and oxygen atoms in total. The van der Waals surface area contributed by atoms with Gasteiger partial charge >= 0.3 is 0 Å². The van der Waals surface area contributed by atoms with Gasteiger partial charge in [-0.05, 0) is 44.1 Å². The number of anilines is 1. The van der Waals surface area contributed by atoms with Crippen LogP contribution >= 0.6 is 0 Å². The average Bonchev–Trinajstić information content (AvgIpc) is 2.17. The molecule has 1 aliphatic heterocycles. The summed E-state index contributed by atoms with van der Waals surface area (Å²) in [5, 5.41) is 3.43. The molecule has 0 amide bonds. The second-order valence-electron chi connectivity index (χ2n) is 4.26. The summed E-state index contributed by atoms with van der Waals surface area (Å²) in [6.07, 6.45) is 2.49. The monoisotopic (exact) mass is 190 g/mol. The maximum absolute atomic E-state index is 3.43. The van der Waals surface area contributed by atoms with Crippen molar-refractivity contribution >= 4 is 5.69 Å². The number of nitrogens with zero attached hydrogens (tertiary/aromatic N) is 1. The molecule has 1 aromatic rings. The van der Waals surface area contributed by atoms with Gasteiger partial charge in [-0.25, -0.2) is 0 Å². The summed E-state index contributed by atoms with van der Waals surface area (Å²) in [4.78, 5) is 2.21. The third kappa shape index (κ3) is 2.07. The third-order valence-electron chi connectivity index (χ3n) is 2.61. The first-order chi connectivity index (χ1) is 6.75. The zero-order valence-electron chi connectivity index (χ0n) is 9.01. The molecule has 1 aliphatic rings. The largest absolute Gasteiger partial charge is 0.385 e. The van der Waals surface area contributed by atoms with Crippen LogP contribution < -0.4 is 5.32 Å². The van der Waals surface area contributed by atoms with Crippen molar-refractivity contribution in [3.8, 4) is 0 Å². The molecular weight excluding hydrogens is 172 g/mol. The standard InChI is InChI=1S/C12H18N2/c1-14(2)9-10-5-6-12-11(8-10)4-3-7-13-12/h5-6,8,13H,3-4,7,9H2,1-2H3. The number of hydrogen-bond acceptors (Lipinski definition) is 2. The zero-order valence-corrected chi connectivity index (χ0v) is 9.01. The number of rotatable bonds is 2. The molecule has 0 unspecified atom stereocenters. The van der Waals surface area contributed by atoms with Crippen molar-refractivity contribution in [1.29, 1.82) is 0 Å². The smallest absolute Gasteiger partial charge is 0.0372 e. The molecule has 1 heterocycles. The van der Waals surface area contributed by atoms with E-state index >= 15 is 0 Å². The number of nitrogens with one attached hydrogen (secondary N) is 1. The van der Waals surface area contributed by atoms with E-state index in [9.17, 15) is 0 Å². The highest BCUT2D eigenvalue weighted by Crippen LogP contribution is 2.23. The van der Waals surface area contributed by atoms with E-state index in [1.165, 1.54) is 29.7 Å². The Morgan fingerprint density at radius 3 is 3.00 bits per heavy atom. The Morgan fingerprint density at radius 2 is 2.21 bits per heavy atom. The van der Waals surface area contributed by atoms with Gasteiger partial charge < -0.3 is 10.2 Å². The van der Waals surface area contributed by atoms with Gasteiger partial charge in [-0.1, -0.05) is 12.1 Å². The van der Waals surface area contributed by atoms with Crippen LogP contribution in [0.4, 0.5) is 5.69 Å². The normalized spacial score (nSPS) is 15.1. The minimum atomic E-state index is 1.03. The number of hydrogen-bond donors (Lipinski definition) is 1. The Bertz CT molecular complexity index is 318. The van der Waals surface area contributed by atoms with Crippen LogP contribution in [-0.4, -0.2) is 25.5 Å². The molecule has 14 heavy (non-hydrogen) atoms. The maximum atomic E-state index is 3.43. The minimum Gasteiger partial charge on any atom is -0.385 e. The van der Waals surface area contributed by atoms with Crippen LogP contribution in [0.1, 0.15) is 17.5 Å². The lowest BCUT2D eigenvalue weighted by molar-refractivity contribution is 0.402. The minimum absolute atomic E-state index is 1.03. The Morgan fingerprint density at radius 1 is 1.36 bits per heavy atom. The fourth-order valence-electron chi connectivity index (χ4n) is 1.99. The van der Waals surface area contributed by atoms with Crippen LogP contribution in [0.25, 0.3) is 0 Å². The molecular formula is C12H18N2. The lowest BCUT2D eigenvalue weighted by atomic mass is 10.0. The molecule has 1 aromatic carbocycles. The molecule has 2 heteroatoms. The summed E-state index contributed by atoms with van der Waals surface area (Å²) in [5.74, 6) is 0. The van der Waals surface area contributed by atoms with E-state index in [0.29, 0.717) is 0 Å². The molecule has 0 radical (unpaired) electrons. The van der Waals surface area contributed by atoms with Gasteiger partial charge in [-0.2, -0.15) is 0 Å². The van der Waals surface area contributed by atoms with Crippen molar-refractivity contribution in [1.82, 2.24) is 4.90 Å². The van der Waals surface area contributed by atoms with E-state index in [2.05, 4.69) is 42.5 Å². The summed E-state index contributed by atoms with van der Waals surface area (Å²) in [6.45, 7) is 2.16. The molecule has 0 spiro atoms. The van der Waals surface area contributed by atoms with Gasteiger partial charge in [0.2, 0.25) is 0 Å². The highest BCUT2D eigenvalue weighted by atomic mass is 15.0.